The number of thiazole rings is 1. The zero-order valence-electron chi connectivity index (χ0n) is 10.9. The average Bonchev–Trinajstić information content (AvgIpc) is 2.88. The van der Waals surface area contributed by atoms with Crippen molar-refractivity contribution >= 4 is 54.2 Å². The molecule has 3 rings (SSSR count). The van der Waals surface area contributed by atoms with Crippen LogP contribution < -0.4 is 5.32 Å². The van der Waals surface area contributed by atoms with E-state index in [1.165, 1.54) is 29.5 Å². The smallest absolute Gasteiger partial charge is 0.282 e. The molecule has 0 spiro atoms. The molecule has 8 heteroatoms. The van der Waals surface area contributed by atoms with Gasteiger partial charge in [0.05, 0.1) is 15.1 Å². The molecule has 0 atom stereocenters. The third kappa shape index (κ3) is 2.83. The summed E-state index contributed by atoms with van der Waals surface area (Å²) in [6.45, 7) is 0. The van der Waals surface area contributed by atoms with Crippen molar-refractivity contribution in [1.29, 1.82) is 0 Å². The largest absolute Gasteiger partial charge is 0.298 e. The summed E-state index contributed by atoms with van der Waals surface area (Å²) in [6, 6.07) is 11.4. The van der Waals surface area contributed by atoms with Crippen LogP contribution in [0, 0.1) is 10.1 Å². The highest BCUT2D eigenvalue weighted by Crippen LogP contribution is 2.29. The number of amides is 1. The molecule has 0 saturated heterocycles. The Labute approximate surface area is 137 Å². The van der Waals surface area contributed by atoms with Crippen LogP contribution in [0.15, 0.2) is 46.9 Å². The second-order valence-electron chi connectivity index (χ2n) is 4.36. The second-order valence-corrected chi connectivity index (χ2v) is 6.31. The summed E-state index contributed by atoms with van der Waals surface area (Å²) in [5.74, 6) is -0.551. The molecule has 0 radical (unpaired) electrons. The van der Waals surface area contributed by atoms with Gasteiger partial charge < -0.3 is 0 Å². The van der Waals surface area contributed by atoms with Crippen molar-refractivity contribution in [3.63, 3.8) is 0 Å². The lowest BCUT2D eigenvalue weighted by Gasteiger charge is -2.02. The zero-order valence-corrected chi connectivity index (χ0v) is 13.3. The first-order valence-corrected chi connectivity index (χ1v) is 7.76. The van der Waals surface area contributed by atoms with Gasteiger partial charge in [-0.1, -0.05) is 39.4 Å². The van der Waals surface area contributed by atoms with Crippen molar-refractivity contribution in [2.45, 2.75) is 0 Å². The number of hydrogen-bond acceptors (Lipinski definition) is 5. The SMILES string of the molecule is O=C(Nc1nc2ccc(Br)cc2s1)c1ccccc1[N+](=O)[O-]. The van der Waals surface area contributed by atoms with Gasteiger partial charge in [-0.25, -0.2) is 4.98 Å². The first-order valence-electron chi connectivity index (χ1n) is 6.15. The van der Waals surface area contributed by atoms with Crippen LogP contribution in [0.5, 0.6) is 0 Å². The van der Waals surface area contributed by atoms with E-state index in [2.05, 4.69) is 26.2 Å². The number of fused-ring (bicyclic) bond motifs is 1. The minimum atomic E-state index is -0.579. The molecular weight excluding hydrogens is 370 g/mol. The summed E-state index contributed by atoms with van der Waals surface area (Å²) >= 11 is 4.68. The van der Waals surface area contributed by atoms with E-state index in [-0.39, 0.29) is 11.3 Å². The molecule has 1 amide bonds. The molecule has 0 aliphatic rings. The summed E-state index contributed by atoms with van der Waals surface area (Å²) in [7, 11) is 0. The van der Waals surface area contributed by atoms with Crippen LogP contribution >= 0.6 is 27.3 Å². The van der Waals surface area contributed by atoms with Gasteiger partial charge in [0.1, 0.15) is 5.56 Å². The highest BCUT2D eigenvalue weighted by Gasteiger charge is 2.20. The Hall–Kier alpha value is -2.32. The monoisotopic (exact) mass is 377 g/mol. The molecule has 2 aromatic carbocycles. The number of carbonyl (C=O) groups is 1. The average molecular weight is 378 g/mol. The van der Waals surface area contributed by atoms with E-state index in [4.69, 9.17) is 0 Å². The molecule has 1 N–H and O–H groups in total. The Morgan fingerprint density at radius 1 is 1.27 bits per heavy atom. The molecule has 0 bridgehead atoms. The summed E-state index contributed by atoms with van der Waals surface area (Å²) in [6.07, 6.45) is 0. The molecule has 0 saturated carbocycles. The van der Waals surface area contributed by atoms with Crippen molar-refractivity contribution in [3.8, 4) is 0 Å². The van der Waals surface area contributed by atoms with E-state index < -0.39 is 10.8 Å². The van der Waals surface area contributed by atoms with E-state index in [0.29, 0.717) is 5.13 Å². The lowest BCUT2D eigenvalue weighted by atomic mass is 10.1. The van der Waals surface area contributed by atoms with Gasteiger partial charge in [-0.3, -0.25) is 20.2 Å². The van der Waals surface area contributed by atoms with Gasteiger partial charge in [0, 0.05) is 10.5 Å². The minimum Gasteiger partial charge on any atom is -0.298 e. The van der Waals surface area contributed by atoms with Gasteiger partial charge in [0.2, 0.25) is 0 Å². The molecule has 0 unspecified atom stereocenters. The number of hydrogen-bond donors (Lipinski definition) is 1. The first kappa shape index (κ1) is 14.6. The summed E-state index contributed by atoms with van der Waals surface area (Å²) < 4.78 is 1.83. The zero-order chi connectivity index (χ0) is 15.7. The van der Waals surface area contributed by atoms with Crippen molar-refractivity contribution in [2.24, 2.45) is 0 Å². The molecule has 6 nitrogen and oxygen atoms in total. The fourth-order valence-corrected chi connectivity index (χ4v) is 3.35. The molecular formula is C14H8BrN3O3S. The fourth-order valence-electron chi connectivity index (χ4n) is 1.94. The van der Waals surface area contributed by atoms with Crippen molar-refractivity contribution in [1.82, 2.24) is 4.98 Å². The van der Waals surface area contributed by atoms with E-state index in [0.717, 1.165) is 14.7 Å². The maximum Gasteiger partial charge on any atom is 0.282 e. The number of benzene rings is 2. The molecule has 0 aliphatic carbocycles. The predicted molar refractivity (Wildman–Crippen MR) is 88.4 cm³/mol. The topological polar surface area (TPSA) is 85.1 Å². The van der Waals surface area contributed by atoms with Gasteiger partial charge >= 0.3 is 0 Å². The van der Waals surface area contributed by atoms with Gasteiger partial charge in [-0.05, 0) is 24.3 Å². The lowest BCUT2D eigenvalue weighted by Crippen LogP contribution is -2.13. The number of aromatic nitrogens is 1. The summed E-state index contributed by atoms with van der Waals surface area (Å²) in [5, 5.41) is 14.0. The van der Waals surface area contributed by atoms with E-state index in [1.54, 1.807) is 6.07 Å². The van der Waals surface area contributed by atoms with Crippen LogP contribution in [0.4, 0.5) is 10.8 Å². The Bertz CT molecular complexity index is 894. The normalized spacial score (nSPS) is 10.6. The molecule has 0 aliphatic heterocycles. The molecule has 1 heterocycles. The number of nitrogens with zero attached hydrogens (tertiary/aromatic N) is 2. The number of carbonyl (C=O) groups excluding carboxylic acids is 1. The quantitative estimate of drug-likeness (QED) is 0.546. The predicted octanol–water partition coefficient (Wildman–Crippen LogP) is 4.22. The second kappa shape index (κ2) is 5.82. The Balaban J connectivity index is 1.91. The van der Waals surface area contributed by atoms with Crippen LogP contribution in [0.1, 0.15) is 10.4 Å². The maximum absolute atomic E-state index is 12.2. The van der Waals surface area contributed by atoms with Crippen LogP contribution in [0.2, 0.25) is 0 Å². The lowest BCUT2D eigenvalue weighted by molar-refractivity contribution is -0.385. The number of anilines is 1. The van der Waals surface area contributed by atoms with Crippen LogP contribution in [0.3, 0.4) is 0 Å². The summed E-state index contributed by atoms with van der Waals surface area (Å²) in [5.41, 5.74) is 0.530. The Morgan fingerprint density at radius 3 is 2.82 bits per heavy atom. The van der Waals surface area contributed by atoms with Crippen LogP contribution in [0.25, 0.3) is 10.2 Å². The number of nitro benzene ring substituents is 1. The van der Waals surface area contributed by atoms with Gasteiger partial charge in [0.25, 0.3) is 11.6 Å². The number of nitro groups is 1. The molecule has 110 valence electrons. The van der Waals surface area contributed by atoms with Crippen molar-refractivity contribution < 1.29 is 9.72 Å². The molecule has 3 aromatic rings. The molecule has 22 heavy (non-hydrogen) atoms. The van der Waals surface area contributed by atoms with E-state index in [1.807, 2.05) is 18.2 Å². The summed E-state index contributed by atoms with van der Waals surface area (Å²) in [4.78, 5) is 26.9. The third-order valence-corrected chi connectivity index (χ3v) is 4.34. The van der Waals surface area contributed by atoms with E-state index in [9.17, 15) is 14.9 Å². The highest BCUT2D eigenvalue weighted by atomic mass is 79.9. The van der Waals surface area contributed by atoms with Crippen LogP contribution in [-0.4, -0.2) is 15.8 Å². The number of rotatable bonds is 3. The van der Waals surface area contributed by atoms with E-state index >= 15 is 0 Å². The standard InChI is InChI=1S/C14H8BrN3O3S/c15-8-5-6-10-12(7-8)22-14(16-10)17-13(19)9-3-1-2-4-11(9)18(20)21/h1-7H,(H,16,17,19). The Kier molecular flexibility index (Phi) is 3.86. The molecule has 1 aromatic heterocycles. The minimum absolute atomic E-state index is 0.00735. The van der Waals surface area contributed by atoms with Crippen molar-refractivity contribution in [2.75, 3.05) is 5.32 Å². The van der Waals surface area contributed by atoms with Gasteiger partial charge in [-0.2, -0.15) is 0 Å². The number of halogens is 1. The third-order valence-electron chi connectivity index (χ3n) is 2.92. The number of para-hydroxylation sites is 1. The maximum atomic E-state index is 12.2. The van der Waals surface area contributed by atoms with Gasteiger partial charge in [0.15, 0.2) is 5.13 Å². The van der Waals surface area contributed by atoms with Crippen LogP contribution in [-0.2, 0) is 0 Å². The number of nitrogens with one attached hydrogen (secondary N) is 1. The van der Waals surface area contributed by atoms with Crippen molar-refractivity contribution in [3.05, 3.63) is 62.6 Å². The fraction of sp³-hybridized carbons (Fsp3) is 0. The first-order chi connectivity index (χ1) is 10.5. The van der Waals surface area contributed by atoms with Gasteiger partial charge in [-0.15, -0.1) is 0 Å². The molecule has 0 fully saturated rings. The highest BCUT2D eigenvalue weighted by molar-refractivity contribution is 9.10. The Morgan fingerprint density at radius 2 is 2.05 bits per heavy atom.